The number of aryl methyl sites for hydroxylation is 3. The maximum atomic E-state index is 6.26. The summed E-state index contributed by atoms with van der Waals surface area (Å²) in [6, 6.07) is 7.81. The second-order valence-corrected chi connectivity index (χ2v) is 5.48. The number of rotatable bonds is 2. The summed E-state index contributed by atoms with van der Waals surface area (Å²) >= 11 is 6.26. The molecule has 0 atom stereocenters. The van der Waals surface area contributed by atoms with Crippen molar-refractivity contribution in [3.63, 3.8) is 0 Å². The van der Waals surface area contributed by atoms with Gasteiger partial charge < -0.3 is 4.74 Å². The number of ether oxygens (including phenoxy) is 1. The lowest BCUT2D eigenvalue weighted by atomic mass is 10.0. The minimum atomic E-state index is 0.568. The van der Waals surface area contributed by atoms with Crippen LogP contribution in [0.3, 0.4) is 0 Å². The summed E-state index contributed by atoms with van der Waals surface area (Å²) in [5.74, 6) is 0.840. The molecule has 0 fully saturated rings. The molecule has 4 nitrogen and oxygen atoms in total. The van der Waals surface area contributed by atoms with E-state index in [2.05, 4.69) is 17.0 Å². The topological polar surface area (TPSA) is 39.4 Å². The SMILES string of the molecule is COc1ccc(-c2c(C)nn3c(Cl)cc(C)nc23)c(C)c1. The second-order valence-electron chi connectivity index (χ2n) is 5.10. The predicted molar refractivity (Wildman–Crippen MR) is 84.2 cm³/mol. The van der Waals surface area contributed by atoms with Gasteiger partial charge in [0.25, 0.3) is 0 Å². The Morgan fingerprint density at radius 1 is 1.14 bits per heavy atom. The van der Waals surface area contributed by atoms with Crippen LogP contribution in [-0.2, 0) is 0 Å². The minimum absolute atomic E-state index is 0.568. The lowest BCUT2D eigenvalue weighted by molar-refractivity contribution is 0.414. The highest BCUT2D eigenvalue weighted by Gasteiger charge is 2.17. The fourth-order valence-electron chi connectivity index (χ4n) is 2.56. The van der Waals surface area contributed by atoms with E-state index in [1.54, 1.807) is 11.6 Å². The van der Waals surface area contributed by atoms with E-state index in [1.165, 1.54) is 0 Å². The highest BCUT2D eigenvalue weighted by atomic mass is 35.5. The van der Waals surface area contributed by atoms with E-state index in [9.17, 15) is 0 Å². The van der Waals surface area contributed by atoms with Gasteiger partial charge in [-0.05, 0) is 50.1 Å². The maximum Gasteiger partial charge on any atom is 0.165 e. The van der Waals surface area contributed by atoms with Crippen molar-refractivity contribution in [1.29, 1.82) is 0 Å². The van der Waals surface area contributed by atoms with Gasteiger partial charge in [-0.3, -0.25) is 0 Å². The smallest absolute Gasteiger partial charge is 0.165 e. The molecule has 21 heavy (non-hydrogen) atoms. The highest BCUT2D eigenvalue weighted by molar-refractivity contribution is 6.29. The molecule has 0 spiro atoms. The van der Waals surface area contributed by atoms with Crippen molar-refractivity contribution in [2.24, 2.45) is 0 Å². The molecule has 0 saturated heterocycles. The summed E-state index contributed by atoms with van der Waals surface area (Å²) in [5, 5.41) is 5.07. The standard InChI is InChI=1S/C16H16ClN3O/c1-9-7-12(21-4)5-6-13(9)15-11(3)19-20-14(17)8-10(2)18-16(15)20/h5-8H,1-4H3. The van der Waals surface area contributed by atoms with Gasteiger partial charge >= 0.3 is 0 Å². The van der Waals surface area contributed by atoms with Crippen LogP contribution in [0, 0.1) is 20.8 Å². The molecule has 3 rings (SSSR count). The number of nitrogens with zero attached hydrogens (tertiary/aromatic N) is 3. The first-order valence-corrected chi connectivity index (χ1v) is 7.06. The van der Waals surface area contributed by atoms with E-state index in [-0.39, 0.29) is 0 Å². The Morgan fingerprint density at radius 2 is 1.90 bits per heavy atom. The second kappa shape index (κ2) is 5.04. The van der Waals surface area contributed by atoms with Gasteiger partial charge in [-0.2, -0.15) is 5.10 Å². The summed E-state index contributed by atoms with van der Waals surface area (Å²) < 4.78 is 6.95. The van der Waals surface area contributed by atoms with Crippen LogP contribution in [0.25, 0.3) is 16.8 Å². The number of aromatic nitrogens is 3. The Kier molecular flexibility index (Phi) is 3.33. The zero-order valence-electron chi connectivity index (χ0n) is 12.4. The van der Waals surface area contributed by atoms with Gasteiger partial charge in [-0.25, -0.2) is 9.50 Å². The van der Waals surface area contributed by atoms with Crippen molar-refractivity contribution in [3.8, 4) is 16.9 Å². The minimum Gasteiger partial charge on any atom is -0.497 e. The van der Waals surface area contributed by atoms with Crippen molar-refractivity contribution >= 4 is 17.2 Å². The van der Waals surface area contributed by atoms with Crippen molar-refractivity contribution in [2.45, 2.75) is 20.8 Å². The van der Waals surface area contributed by atoms with E-state index >= 15 is 0 Å². The van der Waals surface area contributed by atoms with Crippen LogP contribution >= 0.6 is 11.6 Å². The molecule has 2 heterocycles. The zero-order chi connectivity index (χ0) is 15.1. The number of halogens is 1. The lowest BCUT2D eigenvalue weighted by Crippen LogP contribution is -1.95. The predicted octanol–water partition coefficient (Wildman–Crippen LogP) is 3.98. The molecule has 0 amide bonds. The monoisotopic (exact) mass is 301 g/mol. The number of methoxy groups -OCH3 is 1. The third kappa shape index (κ3) is 2.25. The first-order chi connectivity index (χ1) is 10.0. The van der Waals surface area contributed by atoms with Gasteiger partial charge in [0.1, 0.15) is 10.9 Å². The van der Waals surface area contributed by atoms with Gasteiger partial charge in [0.2, 0.25) is 0 Å². The number of hydrogen-bond donors (Lipinski definition) is 0. The third-order valence-corrected chi connectivity index (χ3v) is 3.82. The molecule has 0 unspecified atom stereocenters. The molecular formula is C16H16ClN3O. The zero-order valence-corrected chi connectivity index (χ0v) is 13.2. The molecule has 0 aliphatic carbocycles. The van der Waals surface area contributed by atoms with Gasteiger partial charge in [0.15, 0.2) is 5.65 Å². The average Bonchev–Trinajstić information content (AvgIpc) is 2.75. The molecule has 0 aliphatic rings. The van der Waals surface area contributed by atoms with Crippen molar-refractivity contribution in [2.75, 3.05) is 7.11 Å². The highest BCUT2D eigenvalue weighted by Crippen LogP contribution is 2.33. The molecule has 2 aromatic heterocycles. The summed E-state index contributed by atoms with van der Waals surface area (Å²) in [6.45, 7) is 5.95. The van der Waals surface area contributed by atoms with Crippen molar-refractivity contribution < 1.29 is 4.74 Å². The van der Waals surface area contributed by atoms with Crippen LogP contribution in [0.2, 0.25) is 5.15 Å². The fourth-order valence-corrected chi connectivity index (χ4v) is 2.83. The quantitative estimate of drug-likeness (QED) is 0.672. The van der Waals surface area contributed by atoms with E-state index in [1.807, 2.05) is 38.1 Å². The molecule has 3 aromatic rings. The number of hydrogen-bond acceptors (Lipinski definition) is 3. The molecule has 0 aliphatic heterocycles. The Labute approximate surface area is 128 Å². The molecule has 0 radical (unpaired) electrons. The Balaban J connectivity index is 2.32. The maximum absolute atomic E-state index is 6.26. The van der Waals surface area contributed by atoms with Gasteiger partial charge in [0, 0.05) is 11.3 Å². The molecule has 1 aromatic carbocycles. The van der Waals surface area contributed by atoms with Crippen LogP contribution < -0.4 is 4.74 Å². The van der Waals surface area contributed by atoms with Crippen LogP contribution in [0.5, 0.6) is 5.75 Å². The normalized spacial score (nSPS) is 11.1. The van der Waals surface area contributed by atoms with Crippen molar-refractivity contribution in [1.82, 2.24) is 14.6 Å². The largest absolute Gasteiger partial charge is 0.497 e. The van der Waals surface area contributed by atoms with E-state index in [4.69, 9.17) is 16.3 Å². The first-order valence-electron chi connectivity index (χ1n) is 6.68. The van der Waals surface area contributed by atoms with Crippen molar-refractivity contribution in [3.05, 3.63) is 46.4 Å². The summed E-state index contributed by atoms with van der Waals surface area (Å²) in [4.78, 5) is 4.60. The van der Waals surface area contributed by atoms with E-state index in [0.29, 0.717) is 5.15 Å². The Bertz CT molecular complexity index is 839. The van der Waals surface area contributed by atoms with Crippen LogP contribution in [0.1, 0.15) is 17.0 Å². The fraction of sp³-hybridized carbons (Fsp3) is 0.250. The third-order valence-electron chi connectivity index (χ3n) is 3.55. The van der Waals surface area contributed by atoms with Crippen LogP contribution in [-0.4, -0.2) is 21.7 Å². The van der Waals surface area contributed by atoms with Gasteiger partial charge in [-0.15, -0.1) is 0 Å². The molecular weight excluding hydrogens is 286 g/mol. The van der Waals surface area contributed by atoms with E-state index < -0.39 is 0 Å². The molecule has 0 bridgehead atoms. The van der Waals surface area contributed by atoms with Gasteiger partial charge in [0.05, 0.1) is 12.8 Å². The molecule has 5 heteroatoms. The van der Waals surface area contributed by atoms with Crippen LogP contribution in [0.15, 0.2) is 24.3 Å². The summed E-state index contributed by atoms with van der Waals surface area (Å²) in [7, 11) is 1.67. The summed E-state index contributed by atoms with van der Waals surface area (Å²) in [5.41, 5.74) is 5.79. The first kappa shape index (κ1) is 13.9. The van der Waals surface area contributed by atoms with Gasteiger partial charge in [-0.1, -0.05) is 17.7 Å². The molecule has 108 valence electrons. The average molecular weight is 302 g/mol. The molecule has 0 N–H and O–H groups in total. The number of benzene rings is 1. The Hall–Kier alpha value is -2.07. The summed E-state index contributed by atoms with van der Waals surface area (Å²) in [6.07, 6.45) is 0. The van der Waals surface area contributed by atoms with E-state index in [0.717, 1.165) is 39.5 Å². The lowest BCUT2D eigenvalue weighted by Gasteiger charge is -2.08. The van der Waals surface area contributed by atoms with Crippen LogP contribution in [0.4, 0.5) is 0 Å². The number of fused-ring (bicyclic) bond motifs is 1. The Morgan fingerprint density at radius 3 is 2.57 bits per heavy atom. The molecule has 0 saturated carbocycles.